The molecule has 100 valence electrons. The van der Waals surface area contributed by atoms with Gasteiger partial charge < -0.3 is 4.90 Å². The molecule has 0 aliphatic carbocycles. The van der Waals surface area contributed by atoms with Crippen molar-refractivity contribution in [1.82, 2.24) is 14.2 Å². The summed E-state index contributed by atoms with van der Waals surface area (Å²) in [5.74, 6) is 0. The standard InChI is InChI=1S/C11H16ClN3O2S/c1-9-8-15(7-6-14(9)2)18(16,17)10-4-3-5-13-11(10)12/h3-5,9H,6-8H2,1-2H3. The monoisotopic (exact) mass is 289 g/mol. The van der Waals surface area contributed by atoms with Crippen LogP contribution in [0, 0.1) is 0 Å². The van der Waals surface area contributed by atoms with Crippen molar-refractivity contribution in [1.29, 1.82) is 0 Å². The maximum atomic E-state index is 12.4. The Morgan fingerprint density at radius 2 is 2.17 bits per heavy atom. The van der Waals surface area contributed by atoms with Crippen molar-refractivity contribution < 1.29 is 8.42 Å². The fraction of sp³-hybridized carbons (Fsp3) is 0.545. The molecule has 0 aromatic carbocycles. The van der Waals surface area contributed by atoms with Crippen molar-refractivity contribution in [2.24, 2.45) is 0 Å². The van der Waals surface area contributed by atoms with Gasteiger partial charge in [0.25, 0.3) is 0 Å². The van der Waals surface area contributed by atoms with E-state index in [9.17, 15) is 8.42 Å². The Hall–Kier alpha value is -0.690. The number of sulfonamides is 1. The number of nitrogens with zero attached hydrogens (tertiary/aromatic N) is 3. The molecule has 1 aliphatic heterocycles. The first-order chi connectivity index (χ1) is 8.43. The highest BCUT2D eigenvalue weighted by atomic mass is 35.5. The van der Waals surface area contributed by atoms with Gasteiger partial charge in [0.05, 0.1) is 0 Å². The normalized spacial score (nSPS) is 23.2. The molecule has 0 amide bonds. The van der Waals surface area contributed by atoms with Crippen LogP contribution >= 0.6 is 11.6 Å². The lowest BCUT2D eigenvalue weighted by molar-refractivity contribution is 0.159. The highest BCUT2D eigenvalue weighted by Crippen LogP contribution is 2.24. The number of hydrogen-bond acceptors (Lipinski definition) is 4. The molecule has 0 bridgehead atoms. The SMILES string of the molecule is CC1CN(S(=O)(=O)c2cccnc2Cl)CCN1C. The van der Waals surface area contributed by atoms with E-state index < -0.39 is 10.0 Å². The molecule has 7 heteroatoms. The number of pyridine rings is 1. The third kappa shape index (κ3) is 2.51. The van der Waals surface area contributed by atoms with Gasteiger partial charge >= 0.3 is 0 Å². The molecule has 0 spiro atoms. The minimum absolute atomic E-state index is 0.0316. The van der Waals surface area contributed by atoms with E-state index in [2.05, 4.69) is 9.88 Å². The first kappa shape index (κ1) is 13.7. The summed E-state index contributed by atoms with van der Waals surface area (Å²) in [6, 6.07) is 3.27. The zero-order valence-corrected chi connectivity index (χ0v) is 11.9. The Balaban J connectivity index is 2.30. The minimum atomic E-state index is -3.54. The van der Waals surface area contributed by atoms with Crippen molar-refractivity contribution in [3.63, 3.8) is 0 Å². The molecule has 1 aliphatic rings. The number of piperazine rings is 1. The lowest BCUT2D eigenvalue weighted by Crippen LogP contribution is -2.51. The second-order valence-corrected chi connectivity index (χ2v) is 6.75. The number of halogens is 1. The molecule has 0 saturated carbocycles. The van der Waals surface area contributed by atoms with Crippen LogP contribution in [0.1, 0.15) is 6.92 Å². The average Bonchev–Trinajstić information content (AvgIpc) is 2.33. The molecule has 2 heterocycles. The van der Waals surface area contributed by atoms with Gasteiger partial charge in [0, 0.05) is 31.9 Å². The van der Waals surface area contributed by atoms with Crippen LogP contribution in [0.4, 0.5) is 0 Å². The zero-order chi connectivity index (χ0) is 13.3. The zero-order valence-electron chi connectivity index (χ0n) is 10.4. The maximum Gasteiger partial charge on any atom is 0.246 e. The van der Waals surface area contributed by atoms with Gasteiger partial charge in [-0.25, -0.2) is 13.4 Å². The third-order valence-electron chi connectivity index (χ3n) is 3.27. The smallest absolute Gasteiger partial charge is 0.246 e. The molecule has 1 saturated heterocycles. The summed E-state index contributed by atoms with van der Waals surface area (Å²) < 4.78 is 26.4. The fourth-order valence-corrected chi connectivity index (χ4v) is 3.88. The molecule has 1 unspecified atom stereocenters. The maximum absolute atomic E-state index is 12.4. The molecule has 1 fully saturated rings. The Bertz CT molecular complexity index is 535. The number of hydrogen-bond donors (Lipinski definition) is 0. The predicted octanol–water partition coefficient (Wildman–Crippen LogP) is 1.06. The van der Waals surface area contributed by atoms with Crippen LogP contribution in [0.3, 0.4) is 0 Å². The van der Waals surface area contributed by atoms with Crippen molar-refractivity contribution >= 4 is 21.6 Å². The quantitative estimate of drug-likeness (QED) is 0.764. The van der Waals surface area contributed by atoms with Crippen LogP contribution in [0.2, 0.25) is 5.15 Å². The van der Waals surface area contributed by atoms with E-state index in [-0.39, 0.29) is 16.1 Å². The summed E-state index contributed by atoms with van der Waals surface area (Å²) in [4.78, 5) is 6.05. The summed E-state index contributed by atoms with van der Waals surface area (Å²) in [6.45, 7) is 3.68. The van der Waals surface area contributed by atoms with Gasteiger partial charge in [0.15, 0.2) is 0 Å². The van der Waals surface area contributed by atoms with Gasteiger partial charge in [-0.3, -0.25) is 0 Å². The van der Waals surface area contributed by atoms with Gasteiger partial charge in [-0.2, -0.15) is 4.31 Å². The van der Waals surface area contributed by atoms with Gasteiger partial charge in [-0.15, -0.1) is 0 Å². The van der Waals surface area contributed by atoms with E-state index in [4.69, 9.17) is 11.6 Å². The summed E-state index contributed by atoms with van der Waals surface area (Å²) >= 11 is 5.87. The largest absolute Gasteiger partial charge is 0.301 e. The van der Waals surface area contributed by atoms with Crippen LogP contribution in [0.25, 0.3) is 0 Å². The minimum Gasteiger partial charge on any atom is -0.301 e. The van der Waals surface area contributed by atoms with Gasteiger partial charge in [-0.1, -0.05) is 11.6 Å². The van der Waals surface area contributed by atoms with Crippen molar-refractivity contribution in [3.8, 4) is 0 Å². The molecule has 1 atom stereocenters. The highest BCUT2D eigenvalue weighted by Gasteiger charge is 2.32. The third-order valence-corrected chi connectivity index (χ3v) is 5.58. The van der Waals surface area contributed by atoms with Gasteiger partial charge in [0.2, 0.25) is 10.0 Å². The summed E-state index contributed by atoms with van der Waals surface area (Å²) in [7, 11) is -1.55. The summed E-state index contributed by atoms with van der Waals surface area (Å²) in [5.41, 5.74) is 0. The van der Waals surface area contributed by atoms with Crippen LogP contribution in [-0.2, 0) is 10.0 Å². The Kier molecular flexibility index (Phi) is 3.91. The second kappa shape index (κ2) is 5.13. The average molecular weight is 290 g/mol. The Labute approximate surface area is 112 Å². The number of aromatic nitrogens is 1. The molecule has 1 aromatic heterocycles. The van der Waals surface area contributed by atoms with E-state index in [0.29, 0.717) is 13.1 Å². The topological polar surface area (TPSA) is 53.5 Å². The van der Waals surface area contributed by atoms with Gasteiger partial charge in [0.1, 0.15) is 10.0 Å². The molecular formula is C11H16ClN3O2S. The van der Waals surface area contributed by atoms with E-state index in [1.54, 1.807) is 6.07 Å². The number of likely N-dealkylation sites (N-methyl/N-ethyl adjacent to an activating group) is 1. The van der Waals surface area contributed by atoms with E-state index in [0.717, 1.165) is 6.54 Å². The van der Waals surface area contributed by atoms with Crippen molar-refractivity contribution in [3.05, 3.63) is 23.5 Å². The molecule has 5 nitrogen and oxygen atoms in total. The molecule has 0 radical (unpaired) electrons. The molecule has 18 heavy (non-hydrogen) atoms. The highest BCUT2D eigenvalue weighted by molar-refractivity contribution is 7.89. The Morgan fingerprint density at radius 3 is 2.78 bits per heavy atom. The number of rotatable bonds is 2. The van der Waals surface area contributed by atoms with Gasteiger partial charge in [-0.05, 0) is 26.1 Å². The summed E-state index contributed by atoms with van der Waals surface area (Å²) in [5, 5.41) is 0.0316. The van der Waals surface area contributed by atoms with Crippen LogP contribution in [-0.4, -0.2) is 55.3 Å². The molecule has 1 aromatic rings. The van der Waals surface area contributed by atoms with Crippen LogP contribution in [0.5, 0.6) is 0 Å². The first-order valence-corrected chi connectivity index (χ1v) is 7.55. The van der Waals surface area contributed by atoms with Crippen molar-refractivity contribution in [2.75, 3.05) is 26.7 Å². The predicted molar refractivity (Wildman–Crippen MR) is 70.1 cm³/mol. The lowest BCUT2D eigenvalue weighted by atomic mass is 10.2. The van der Waals surface area contributed by atoms with Crippen LogP contribution in [0.15, 0.2) is 23.2 Å². The molecule has 0 N–H and O–H groups in total. The van der Waals surface area contributed by atoms with Crippen molar-refractivity contribution in [2.45, 2.75) is 17.9 Å². The fourth-order valence-electron chi connectivity index (χ4n) is 1.94. The van der Waals surface area contributed by atoms with E-state index in [1.807, 2.05) is 14.0 Å². The Morgan fingerprint density at radius 1 is 1.44 bits per heavy atom. The lowest BCUT2D eigenvalue weighted by Gasteiger charge is -2.36. The summed E-state index contributed by atoms with van der Waals surface area (Å²) in [6.07, 6.45) is 1.48. The van der Waals surface area contributed by atoms with Crippen LogP contribution < -0.4 is 0 Å². The molecular weight excluding hydrogens is 274 g/mol. The first-order valence-electron chi connectivity index (χ1n) is 5.74. The van der Waals surface area contributed by atoms with E-state index >= 15 is 0 Å². The van der Waals surface area contributed by atoms with E-state index in [1.165, 1.54) is 16.6 Å². The second-order valence-electron chi connectivity index (χ2n) is 4.49. The molecule has 2 rings (SSSR count).